The largest absolute Gasteiger partial charge is 0.497 e. The number of hydrogen-bond donors (Lipinski definition) is 4. The smallest absolute Gasteiger partial charge is 0.410 e. The molecule has 3 amide bonds. The summed E-state index contributed by atoms with van der Waals surface area (Å²) in [6.45, 7) is 1.90. The van der Waals surface area contributed by atoms with E-state index in [1.807, 2.05) is 37.3 Å². The van der Waals surface area contributed by atoms with Crippen molar-refractivity contribution in [1.82, 2.24) is 20.5 Å². The van der Waals surface area contributed by atoms with Crippen molar-refractivity contribution in [2.75, 3.05) is 38.7 Å². The minimum absolute atomic E-state index is 0.113. The molecule has 2 aromatic rings. The van der Waals surface area contributed by atoms with Crippen LogP contribution in [-0.2, 0) is 30.5 Å². The minimum Gasteiger partial charge on any atom is -0.497 e. The van der Waals surface area contributed by atoms with E-state index in [9.17, 15) is 24.3 Å². The second kappa shape index (κ2) is 16.1. The van der Waals surface area contributed by atoms with Gasteiger partial charge in [-0.3, -0.25) is 9.59 Å². The summed E-state index contributed by atoms with van der Waals surface area (Å²) in [7, 11) is 1.56. The van der Waals surface area contributed by atoms with Gasteiger partial charge in [0.1, 0.15) is 30.8 Å². The van der Waals surface area contributed by atoms with Gasteiger partial charge in [0, 0.05) is 30.8 Å². The third-order valence-corrected chi connectivity index (χ3v) is 8.36. The molecule has 0 spiro atoms. The Labute approximate surface area is 263 Å². The second-order valence-corrected chi connectivity index (χ2v) is 11.8. The highest BCUT2D eigenvalue weighted by Gasteiger charge is 2.38. The lowest BCUT2D eigenvalue weighted by molar-refractivity contribution is -0.144. The van der Waals surface area contributed by atoms with Crippen LogP contribution in [0.3, 0.4) is 0 Å². The number of carbonyl (C=O) groups excluding carboxylic acids is 3. The molecule has 4 rings (SSSR count). The molecule has 2 fully saturated rings. The monoisotopic (exact) mass is 625 g/mol. The second-order valence-electron chi connectivity index (χ2n) is 11.8. The number of aromatic nitrogens is 1. The maximum absolute atomic E-state index is 13.1. The van der Waals surface area contributed by atoms with E-state index in [0.717, 1.165) is 24.8 Å². The Balaban J connectivity index is 1.29. The Morgan fingerprint density at radius 3 is 2.58 bits per heavy atom. The highest BCUT2D eigenvalue weighted by molar-refractivity contribution is 5.88. The summed E-state index contributed by atoms with van der Waals surface area (Å²) in [6, 6.07) is 11.2. The van der Waals surface area contributed by atoms with Gasteiger partial charge in [0.05, 0.1) is 25.8 Å². The average molecular weight is 626 g/mol. The SMILES string of the molecule is COc1ccnc(NC[C@@H]2C[C@@H](OCC(=O)NC[C@H](NC(=O)C3(C)CCCCC3)C(=O)O)CN2C(=O)OCc2ccccc2)c1. The number of pyridine rings is 1. The number of nitrogens with one attached hydrogen (secondary N) is 3. The number of anilines is 1. The highest BCUT2D eigenvalue weighted by atomic mass is 16.6. The molecule has 1 aromatic carbocycles. The van der Waals surface area contributed by atoms with Crippen molar-refractivity contribution in [3.8, 4) is 5.75 Å². The Morgan fingerprint density at radius 2 is 1.87 bits per heavy atom. The molecule has 2 heterocycles. The van der Waals surface area contributed by atoms with Crippen LogP contribution in [0.1, 0.15) is 51.0 Å². The molecule has 1 aliphatic heterocycles. The quantitative estimate of drug-likeness (QED) is 0.245. The van der Waals surface area contributed by atoms with E-state index in [-0.39, 0.29) is 38.3 Å². The fourth-order valence-electron chi connectivity index (χ4n) is 5.62. The van der Waals surface area contributed by atoms with Crippen molar-refractivity contribution in [2.24, 2.45) is 5.41 Å². The zero-order valence-electron chi connectivity index (χ0n) is 25.8. The number of carbonyl (C=O) groups is 4. The first kappa shape index (κ1) is 33.5. The fourth-order valence-corrected chi connectivity index (χ4v) is 5.62. The van der Waals surface area contributed by atoms with Crippen LogP contribution in [0.5, 0.6) is 5.75 Å². The summed E-state index contributed by atoms with van der Waals surface area (Å²) >= 11 is 0. The molecule has 4 N–H and O–H groups in total. The molecule has 2 aliphatic rings. The summed E-state index contributed by atoms with van der Waals surface area (Å²) < 4.78 is 16.7. The van der Waals surface area contributed by atoms with Crippen molar-refractivity contribution >= 4 is 29.7 Å². The number of likely N-dealkylation sites (tertiary alicyclic amines) is 1. The Morgan fingerprint density at radius 1 is 1.11 bits per heavy atom. The van der Waals surface area contributed by atoms with Gasteiger partial charge in [0.2, 0.25) is 11.8 Å². The van der Waals surface area contributed by atoms with Crippen LogP contribution in [-0.4, -0.2) is 90.4 Å². The lowest BCUT2D eigenvalue weighted by Gasteiger charge is -2.33. The van der Waals surface area contributed by atoms with E-state index in [1.165, 1.54) is 0 Å². The first-order chi connectivity index (χ1) is 21.7. The van der Waals surface area contributed by atoms with Crippen molar-refractivity contribution in [1.29, 1.82) is 0 Å². The molecule has 3 atom stereocenters. The molecule has 1 saturated heterocycles. The van der Waals surface area contributed by atoms with Crippen molar-refractivity contribution in [2.45, 2.75) is 70.2 Å². The maximum Gasteiger partial charge on any atom is 0.410 e. The summed E-state index contributed by atoms with van der Waals surface area (Å²) in [5.41, 5.74) is 0.248. The molecule has 0 bridgehead atoms. The van der Waals surface area contributed by atoms with Crippen LogP contribution < -0.4 is 20.7 Å². The van der Waals surface area contributed by atoms with Crippen molar-refractivity contribution in [3.63, 3.8) is 0 Å². The molecule has 1 aromatic heterocycles. The predicted octanol–water partition coefficient (Wildman–Crippen LogP) is 2.95. The summed E-state index contributed by atoms with van der Waals surface area (Å²) in [6.07, 6.45) is 5.39. The molecule has 244 valence electrons. The third-order valence-electron chi connectivity index (χ3n) is 8.36. The number of nitrogens with zero attached hydrogens (tertiary/aromatic N) is 2. The van der Waals surface area contributed by atoms with Crippen molar-refractivity contribution < 1.29 is 38.5 Å². The lowest BCUT2D eigenvalue weighted by Crippen LogP contribution is -2.53. The van der Waals surface area contributed by atoms with Gasteiger partial charge < -0.3 is 40.2 Å². The Bertz CT molecular complexity index is 1300. The van der Waals surface area contributed by atoms with Gasteiger partial charge in [0.25, 0.3) is 0 Å². The number of carboxylic acids is 1. The Hall–Kier alpha value is -4.39. The van der Waals surface area contributed by atoms with Gasteiger partial charge in [-0.25, -0.2) is 14.6 Å². The molecular formula is C32H43N5O8. The van der Waals surface area contributed by atoms with Gasteiger partial charge in [-0.1, -0.05) is 56.5 Å². The number of methoxy groups -OCH3 is 1. The maximum atomic E-state index is 13.1. The van der Waals surface area contributed by atoms with Crippen LogP contribution in [0.15, 0.2) is 48.7 Å². The third kappa shape index (κ3) is 9.80. The van der Waals surface area contributed by atoms with Gasteiger partial charge in [0.15, 0.2) is 0 Å². The minimum atomic E-state index is -1.26. The lowest BCUT2D eigenvalue weighted by atomic mass is 9.75. The number of ether oxygens (including phenoxy) is 3. The van der Waals surface area contributed by atoms with E-state index in [4.69, 9.17) is 14.2 Å². The number of carboxylic acid groups (broad SMARTS) is 1. The first-order valence-corrected chi connectivity index (χ1v) is 15.3. The van der Waals surface area contributed by atoms with Gasteiger partial charge in [-0.15, -0.1) is 0 Å². The number of rotatable bonds is 14. The molecule has 0 radical (unpaired) electrons. The van der Waals surface area contributed by atoms with Gasteiger partial charge in [-0.05, 0) is 30.9 Å². The fraction of sp³-hybridized carbons (Fsp3) is 0.531. The topological polar surface area (TPSA) is 168 Å². The van der Waals surface area contributed by atoms with Gasteiger partial charge >= 0.3 is 12.1 Å². The van der Waals surface area contributed by atoms with Crippen LogP contribution in [0.4, 0.5) is 10.6 Å². The zero-order chi connectivity index (χ0) is 32.2. The number of benzene rings is 1. The van der Waals surface area contributed by atoms with E-state index in [1.54, 1.807) is 30.3 Å². The van der Waals surface area contributed by atoms with E-state index in [0.29, 0.717) is 37.4 Å². The first-order valence-electron chi connectivity index (χ1n) is 15.3. The Kier molecular flexibility index (Phi) is 12.0. The summed E-state index contributed by atoms with van der Waals surface area (Å²) in [5, 5.41) is 18.0. The normalized spacial score (nSPS) is 19.6. The number of amides is 3. The highest BCUT2D eigenvalue weighted by Crippen LogP contribution is 2.36. The summed E-state index contributed by atoms with van der Waals surface area (Å²) in [5.74, 6) is -0.856. The summed E-state index contributed by atoms with van der Waals surface area (Å²) in [4.78, 5) is 56.2. The van der Waals surface area contributed by atoms with Crippen LogP contribution in [0.25, 0.3) is 0 Å². The molecule has 1 aliphatic carbocycles. The molecule has 13 heteroatoms. The molecule has 0 unspecified atom stereocenters. The number of aliphatic carboxylic acids is 1. The molecule has 1 saturated carbocycles. The van der Waals surface area contributed by atoms with Crippen LogP contribution in [0, 0.1) is 5.41 Å². The predicted molar refractivity (Wildman–Crippen MR) is 165 cm³/mol. The standard InChI is InChI=1S/C32H43N5O8/c1-32(12-7-4-8-13-32)30(41)36-26(29(39)40)18-35-28(38)21-44-25-15-23(17-34-27-16-24(43-2)11-14-33-27)37(19-25)31(42)45-20-22-9-5-3-6-10-22/h3,5-6,9-11,14,16,23,25-26H,4,7-8,12-13,15,17-21H2,1-2H3,(H,33,34)(H,35,38)(H,36,41)(H,39,40)/t23-,25+,26-/m0/s1. The van der Waals surface area contributed by atoms with E-state index < -0.39 is 35.5 Å². The van der Waals surface area contributed by atoms with Crippen molar-refractivity contribution in [3.05, 3.63) is 54.2 Å². The molecule has 13 nitrogen and oxygen atoms in total. The van der Waals surface area contributed by atoms with E-state index >= 15 is 0 Å². The van der Waals surface area contributed by atoms with E-state index in [2.05, 4.69) is 20.9 Å². The molecular weight excluding hydrogens is 582 g/mol. The van der Waals surface area contributed by atoms with Gasteiger partial charge in [-0.2, -0.15) is 0 Å². The zero-order valence-corrected chi connectivity index (χ0v) is 25.8. The molecule has 45 heavy (non-hydrogen) atoms. The number of hydrogen-bond acceptors (Lipinski definition) is 9. The van der Waals surface area contributed by atoms with Crippen LogP contribution >= 0.6 is 0 Å². The van der Waals surface area contributed by atoms with Crippen LogP contribution in [0.2, 0.25) is 0 Å². The average Bonchev–Trinajstić information content (AvgIpc) is 3.47.